The number of amides is 1. The number of rotatable bonds is 4. The SMILES string of the molecule is Cc1cc(CC(=O)N(C)CC2CCCC2)on1. The Balaban J connectivity index is 1.82. The molecule has 94 valence electrons. The summed E-state index contributed by atoms with van der Waals surface area (Å²) in [5.41, 5.74) is 0.825. The van der Waals surface area contributed by atoms with E-state index in [0.717, 1.165) is 12.2 Å². The van der Waals surface area contributed by atoms with E-state index in [1.807, 2.05) is 24.9 Å². The van der Waals surface area contributed by atoms with Gasteiger partial charge in [-0.1, -0.05) is 18.0 Å². The zero-order valence-electron chi connectivity index (χ0n) is 10.6. The van der Waals surface area contributed by atoms with Crippen molar-refractivity contribution in [1.29, 1.82) is 0 Å². The van der Waals surface area contributed by atoms with E-state index in [0.29, 0.717) is 18.1 Å². The number of hydrogen-bond acceptors (Lipinski definition) is 3. The van der Waals surface area contributed by atoms with E-state index >= 15 is 0 Å². The highest BCUT2D eigenvalue weighted by molar-refractivity contribution is 5.77. The van der Waals surface area contributed by atoms with Crippen molar-refractivity contribution in [2.45, 2.75) is 39.0 Å². The molecule has 1 aliphatic carbocycles. The predicted octanol–water partition coefficient (Wildman–Crippen LogP) is 2.17. The lowest BCUT2D eigenvalue weighted by atomic mass is 10.1. The Morgan fingerprint density at radius 2 is 2.24 bits per heavy atom. The third-order valence-electron chi connectivity index (χ3n) is 3.43. The molecule has 4 heteroatoms. The molecule has 2 rings (SSSR count). The maximum Gasteiger partial charge on any atom is 0.230 e. The van der Waals surface area contributed by atoms with E-state index < -0.39 is 0 Å². The standard InChI is InChI=1S/C13H20N2O2/c1-10-7-12(17-14-10)8-13(16)15(2)9-11-5-3-4-6-11/h7,11H,3-6,8-9H2,1-2H3. The fourth-order valence-electron chi connectivity index (χ4n) is 2.47. The van der Waals surface area contributed by atoms with Gasteiger partial charge in [0.1, 0.15) is 5.76 Å². The Kier molecular flexibility index (Phi) is 3.82. The molecule has 0 bridgehead atoms. The zero-order valence-corrected chi connectivity index (χ0v) is 10.6. The quantitative estimate of drug-likeness (QED) is 0.805. The fraction of sp³-hybridized carbons (Fsp3) is 0.692. The van der Waals surface area contributed by atoms with E-state index in [2.05, 4.69) is 5.16 Å². The smallest absolute Gasteiger partial charge is 0.230 e. The summed E-state index contributed by atoms with van der Waals surface area (Å²) in [4.78, 5) is 13.8. The summed E-state index contributed by atoms with van der Waals surface area (Å²) in [6.07, 6.45) is 5.48. The van der Waals surface area contributed by atoms with Crippen LogP contribution in [0.2, 0.25) is 0 Å². The molecule has 0 saturated heterocycles. The molecule has 1 heterocycles. The molecule has 1 aromatic rings. The zero-order chi connectivity index (χ0) is 12.3. The molecule has 0 aliphatic heterocycles. The second kappa shape index (κ2) is 5.34. The maximum atomic E-state index is 11.9. The summed E-state index contributed by atoms with van der Waals surface area (Å²) in [5.74, 6) is 1.47. The molecule has 0 radical (unpaired) electrons. The first kappa shape index (κ1) is 12.1. The maximum absolute atomic E-state index is 11.9. The van der Waals surface area contributed by atoms with Crippen LogP contribution in [0.3, 0.4) is 0 Å². The molecule has 4 nitrogen and oxygen atoms in total. The molecule has 0 atom stereocenters. The summed E-state index contributed by atoms with van der Waals surface area (Å²) in [6, 6.07) is 1.82. The van der Waals surface area contributed by atoms with Crippen LogP contribution in [-0.2, 0) is 11.2 Å². The number of carbonyl (C=O) groups excluding carboxylic acids is 1. The molecule has 0 unspecified atom stereocenters. The van der Waals surface area contributed by atoms with Gasteiger partial charge < -0.3 is 9.42 Å². The first-order valence-corrected chi connectivity index (χ1v) is 6.31. The van der Waals surface area contributed by atoms with Crippen LogP contribution >= 0.6 is 0 Å². The summed E-state index contributed by atoms with van der Waals surface area (Å²) < 4.78 is 5.06. The minimum absolute atomic E-state index is 0.119. The Morgan fingerprint density at radius 3 is 2.82 bits per heavy atom. The van der Waals surface area contributed by atoms with Gasteiger partial charge in [-0.3, -0.25) is 4.79 Å². The van der Waals surface area contributed by atoms with Crippen LogP contribution in [0.15, 0.2) is 10.6 Å². The largest absolute Gasteiger partial charge is 0.361 e. The van der Waals surface area contributed by atoms with Crippen LogP contribution in [0.25, 0.3) is 0 Å². The minimum Gasteiger partial charge on any atom is -0.361 e. The van der Waals surface area contributed by atoms with Crippen LogP contribution < -0.4 is 0 Å². The minimum atomic E-state index is 0.119. The Labute approximate surface area is 102 Å². The summed E-state index contributed by atoms with van der Waals surface area (Å²) in [6.45, 7) is 2.74. The highest BCUT2D eigenvalue weighted by Crippen LogP contribution is 2.25. The summed E-state index contributed by atoms with van der Waals surface area (Å²) in [7, 11) is 1.88. The molecule has 1 fully saturated rings. The molecule has 1 amide bonds. The van der Waals surface area contributed by atoms with Gasteiger partial charge >= 0.3 is 0 Å². The molecule has 0 N–H and O–H groups in total. The molecule has 1 saturated carbocycles. The van der Waals surface area contributed by atoms with Crippen LogP contribution in [0.1, 0.15) is 37.1 Å². The summed E-state index contributed by atoms with van der Waals surface area (Å²) >= 11 is 0. The van der Waals surface area contributed by atoms with Crippen molar-refractivity contribution in [2.24, 2.45) is 5.92 Å². The van der Waals surface area contributed by atoms with E-state index in [4.69, 9.17) is 4.52 Å². The molecular formula is C13H20N2O2. The van der Waals surface area contributed by atoms with Crippen molar-refractivity contribution in [3.05, 3.63) is 17.5 Å². The topological polar surface area (TPSA) is 46.3 Å². The number of likely N-dealkylation sites (N-methyl/N-ethyl adjacent to an activating group) is 1. The van der Waals surface area contributed by atoms with E-state index in [-0.39, 0.29) is 5.91 Å². The van der Waals surface area contributed by atoms with Crippen molar-refractivity contribution in [3.63, 3.8) is 0 Å². The Bertz CT molecular complexity index is 381. The van der Waals surface area contributed by atoms with Crippen LogP contribution in [-0.4, -0.2) is 29.6 Å². The molecule has 1 aliphatic rings. The summed E-state index contributed by atoms with van der Waals surface area (Å²) in [5, 5.41) is 3.79. The van der Waals surface area contributed by atoms with Crippen molar-refractivity contribution in [2.75, 3.05) is 13.6 Å². The van der Waals surface area contributed by atoms with Gasteiger partial charge in [-0.2, -0.15) is 0 Å². The second-order valence-corrected chi connectivity index (χ2v) is 5.04. The van der Waals surface area contributed by atoms with Crippen LogP contribution in [0.4, 0.5) is 0 Å². The highest BCUT2D eigenvalue weighted by Gasteiger charge is 2.20. The molecule has 1 aromatic heterocycles. The van der Waals surface area contributed by atoms with Crippen molar-refractivity contribution in [1.82, 2.24) is 10.1 Å². The Hall–Kier alpha value is -1.32. The number of nitrogens with zero attached hydrogens (tertiary/aromatic N) is 2. The molecular weight excluding hydrogens is 216 g/mol. The van der Waals surface area contributed by atoms with Gasteiger partial charge in [0, 0.05) is 19.7 Å². The monoisotopic (exact) mass is 236 g/mol. The average molecular weight is 236 g/mol. The van der Waals surface area contributed by atoms with E-state index in [1.54, 1.807) is 0 Å². The normalized spacial score (nSPS) is 16.4. The van der Waals surface area contributed by atoms with Crippen molar-refractivity contribution >= 4 is 5.91 Å². The highest BCUT2D eigenvalue weighted by atomic mass is 16.5. The van der Waals surface area contributed by atoms with E-state index in [1.165, 1.54) is 25.7 Å². The van der Waals surface area contributed by atoms with Gasteiger partial charge in [0.2, 0.25) is 5.91 Å². The second-order valence-electron chi connectivity index (χ2n) is 5.04. The third kappa shape index (κ3) is 3.32. The number of aromatic nitrogens is 1. The first-order chi connectivity index (χ1) is 8.15. The lowest BCUT2D eigenvalue weighted by molar-refractivity contribution is -0.130. The van der Waals surface area contributed by atoms with Gasteiger partial charge in [-0.25, -0.2) is 0 Å². The van der Waals surface area contributed by atoms with Crippen LogP contribution in [0, 0.1) is 12.8 Å². The van der Waals surface area contributed by atoms with Crippen molar-refractivity contribution < 1.29 is 9.32 Å². The fourth-order valence-corrected chi connectivity index (χ4v) is 2.47. The molecule has 0 spiro atoms. The van der Waals surface area contributed by atoms with E-state index in [9.17, 15) is 4.79 Å². The van der Waals surface area contributed by atoms with Gasteiger partial charge in [0.05, 0.1) is 12.1 Å². The molecule has 0 aromatic carbocycles. The van der Waals surface area contributed by atoms with Gasteiger partial charge in [-0.05, 0) is 25.7 Å². The predicted molar refractivity (Wildman–Crippen MR) is 64.5 cm³/mol. The number of aryl methyl sites for hydroxylation is 1. The average Bonchev–Trinajstić information content (AvgIpc) is 2.90. The van der Waals surface area contributed by atoms with Gasteiger partial charge in [0.15, 0.2) is 0 Å². The van der Waals surface area contributed by atoms with Gasteiger partial charge in [-0.15, -0.1) is 0 Å². The third-order valence-corrected chi connectivity index (χ3v) is 3.43. The lowest BCUT2D eigenvalue weighted by Gasteiger charge is -2.20. The Morgan fingerprint density at radius 1 is 1.53 bits per heavy atom. The number of carbonyl (C=O) groups is 1. The lowest BCUT2D eigenvalue weighted by Crippen LogP contribution is -2.32. The van der Waals surface area contributed by atoms with Crippen molar-refractivity contribution in [3.8, 4) is 0 Å². The number of hydrogen-bond donors (Lipinski definition) is 0. The first-order valence-electron chi connectivity index (χ1n) is 6.31. The van der Waals surface area contributed by atoms with Gasteiger partial charge in [0.25, 0.3) is 0 Å². The molecule has 17 heavy (non-hydrogen) atoms. The van der Waals surface area contributed by atoms with Crippen LogP contribution in [0.5, 0.6) is 0 Å².